The maximum atomic E-state index is 11.7. The van der Waals surface area contributed by atoms with Crippen molar-refractivity contribution < 1.29 is 4.79 Å². The number of halogens is 1. The molecule has 1 amide bonds. The third-order valence-electron chi connectivity index (χ3n) is 3.71. The maximum absolute atomic E-state index is 11.7. The average Bonchev–Trinajstić information content (AvgIpc) is 2.50. The van der Waals surface area contributed by atoms with Crippen LogP contribution < -0.4 is 4.90 Å². The summed E-state index contributed by atoms with van der Waals surface area (Å²) >= 11 is 3.46. The average molecular weight is 354 g/mol. The minimum absolute atomic E-state index is 0.135. The van der Waals surface area contributed by atoms with Gasteiger partial charge < -0.3 is 4.90 Å². The van der Waals surface area contributed by atoms with Gasteiger partial charge in [0, 0.05) is 24.5 Å². The van der Waals surface area contributed by atoms with Gasteiger partial charge in [-0.1, -0.05) is 72.7 Å². The van der Waals surface area contributed by atoms with Crippen molar-refractivity contribution in [3.63, 3.8) is 0 Å². The molecule has 0 saturated carbocycles. The highest BCUT2D eigenvalue weighted by molar-refractivity contribution is 9.09. The first-order chi connectivity index (χ1) is 10.3. The lowest BCUT2D eigenvalue weighted by atomic mass is 10.1. The van der Waals surface area contributed by atoms with Crippen molar-refractivity contribution in [1.29, 1.82) is 0 Å². The molecule has 0 atom stereocenters. The summed E-state index contributed by atoms with van der Waals surface area (Å²) in [4.78, 5) is 13.6. The number of para-hydroxylation sites is 1. The summed E-state index contributed by atoms with van der Waals surface area (Å²) in [6, 6.07) is 9.96. The molecule has 1 rings (SSSR count). The van der Waals surface area contributed by atoms with Gasteiger partial charge in [0.1, 0.15) is 0 Å². The van der Waals surface area contributed by atoms with Crippen LogP contribution in [0.2, 0.25) is 0 Å². The summed E-state index contributed by atoms with van der Waals surface area (Å²) in [5.74, 6) is 0.135. The Bertz CT molecular complexity index is 380. The van der Waals surface area contributed by atoms with Crippen molar-refractivity contribution in [2.45, 2.75) is 58.3 Å². The van der Waals surface area contributed by atoms with Crippen LogP contribution in [0.1, 0.15) is 58.3 Å². The standard InChI is InChI=1S/C18H28BrNO/c1-17(21)20(18-13-9-8-10-14-18)16-12-7-5-3-2-4-6-11-15-19/h8-10,13-14H,2-7,11-12,15-16H2,1H3. The SMILES string of the molecule is CC(=O)N(CCCCCCCCCCBr)c1ccccc1. The molecule has 1 aromatic rings. The van der Waals surface area contributed by atoms with Crippen LogP contribution in [0.4, 0.5) is 5.69 Å². The summed E-state index contributed by atoms with van der Waals surface area (Å²) < 4.78 is 0. The Kier molecular flexibility index (Phi) is 10.2. The molecule has 0 radical (unpaired) electrons. The second kappa shape index (κ2) is 11.8. The number of unbranched alkanes of at least 4 members (excludes halogenated alkanes) is 7. The van der Waals surface area contributed by atoms with Crippen molar-refractivity contribution in [1.82, 2.24) is 0 Å². The van der Waals surface area contributed by atoms with Crippen LogP contribution in [-0.2, 0) is 4.79 Å². The highest BCUT2D eigenvalue weighted by Crippen LogP contribution is 2.15. The van der Waals surface area contributed by atoms with Crippen molar-refractivity contribution in [2.24, 2.45) is 0 Å². The molecule has 0 spiro atoms. The van der Waals surface area contributed by atoms with Crippen LogP contribution in [0.15, 0.2) is 30.3 Å². The Morgan fingerprint density at radius 3 is 1.95 bits per heavy atom. The fourth-order valence-electron chi connectivity index (χ4n) is 2.50. The van der Waals surface area contributed by atoms with Crippen molar-refractivity contribution in [3.8, 4) is 0 Å². The molecule has 0 aliphatic rings. The lowest BCUT2D eigenvalue weighted by molar-refractivity contribution is -0.116. The lowest BCUT2D eigenvalue weighted by Crippen LogP contribution is -2.29. The number of hydrogen-bond acceptors (Lipinski definition) is 1. The molecular formula is C18H28BrNO. The zero-order chi connectivity index (χ0) is 15.3. The molecule has 2 nitrogen and oxygen atoms in total. The van der Waals surface area contributed by atoms with Crippen molar-refractivity contribution in [2.75, 3.05) is 16.8 Å². The molecule has 0 heterocycles. The third kappa shape index (κ3) is 8.25. The molecule has 0 aliphatic heterocycles. The summed E-state index contributed by atoms with van der Waals surface area (Å²) in [5.41, 5.74) is 1.01. The van der Waals surface area contributed by atoms with E-state index in [4.69, 9.17) is 0 Å². The van der Waals surface area contributed by atoms with E-state index in [1.807, 2.05) is 35.2 Å². The number of amides is 1. The molecule has 0 saturated heterocycles. The van der Waals surface area contributed by atoms with Gasteiger partial charge >= 0.3 is 0 Å². The second-order valence-electron chi connectivity index (χ2n) is 5.52. The van der Waals surface area contributed by atoms with E-state index >= 15 is 0 Å². The van der Waals surface area contributed by atoms with E-state index < -0.39 is 0 Å². The first kappa shape index (κ1) is 18.2. The number of carbonyl (C=O) groups excluding carboxylic acids is 1. The molecule has 0 aliphatic carbocycles. The minimum atomic E-state index is 0.135. The number of carbonyl (C=O) groups is 1. The number of nitrogens with zero attached hydrogens (tertiary/aromatic N) is 1. The van der Waals surface area contributed by atoms with Crippen LogP contribution in [0.25, 0.3) is 0 Å². The Balaban J connectivity index is 2.13. The molecule has 0 unspecified atom stereocenters. The second-order valence-corrected chi connectivity index (χ2v) is 6.32. The number of benzene rings is 1. The largest absolute Gasteiger partial charge is 0.313 e. The van der Waals surface area contributed by atoms with Crippen molar-refractivity contribution in [3.05, 3.63) is 30.3 Å². The Hall–Kier alpha value is -0.830. The quantitative estimate of drug-likeness (QED) is 0.377. The Labute approximate surface area is 138 Å². The fraction of sp³-hybridized carbons (Fsp3) is 0.611. The molecule has 3 heteroatoms. The van der Waals surface area contributed by atoms with E-state index in [9.17, 15) is 4.79 Å². The van der Waals surface area contributed by atoms with Gasteiger partial charge in [-0.15, -0.1) is 0 Å². The van der Waals surface area contributed by atoms with Gasteiger partial charge in [0.2, 0.25) is 5.91 Å². The molecule has 118 valence electrons. The Morgan fingerprint density at radius 1 is 0.905 bits per heavy atom. The number of anilines is 1. The zero-order valence-electron chi connectivity index (χ0n) is 13.2. The highest BCUT2D eigenvalue weighted by Gasteiger charge is 2.09. The van der Waals surface area contributed by atoms with Crippen molar-refractivity contribution >= 4 is 27.5 Å². The molecule has 0 fully saturated rings. The van der Waals surface area contributed by atoms with Crippen LogP contribution in [-0.4, -0.2) is 17.8 Å². The summed E-state index contributed by atoms with van der Waals surface area (Å²) in [5, 5.41) is 1.13. The topological polar surface area (TPSA) is 20.3 Å². The van der Waals surface area contributed by atoms with E-state index in [1.54, 1.807) is 6.92 Å². The maximum Gasteiger partial charge on any atom is 0.223 e. The zero-order valence-corrected chi connectivity index (χ0v) is 14.8. The third-order valence-corrected chi connectivity index (χ3v) is 4.27. The van der Waals surface area contributed by atoms with E-state index in [0.717, 1.165) is 24.0 Å². The van der Waals surface area contributed by atoms with E-state index in [2.05, 4.69) is 15.9 Å². The summed E-state index contributed by atoms with van der Waals surface area (Å²) in [7, 11) is 0. The molecule has 0 aromatic heterocycles. The van der Waals surface area contributed by atoms with Crippen LogP contribution >= 0.6 is 15.9 Å². The molecule has 21 heavy (non-hydrogen) atoms. The molecular weight excluding hydrogens is 326 g/mol. The monoisotopic (exact) mass is 353 g/mol. The van der Waals surface area contributed by atoms with Gasteiger partial charge in [-0.3, -0.25) is 4.79 Å². The predicted molar refractivity (Wildman–Crippen MR) is 95.2 cm³/mol. The Morgan fingerprint density at radius 2 is 1.43 bits per heavy atom. The number of rotatable bonds is 11. The van der Waals surface area contributed by atoms with Crippen LogP contribution in [0, 0.1) is 0 Å². The number of hydrogen-bond donors (Lipinski definition) is 0. The van der Waals surface area contributed by atoms with Gasteiger partial charge in [0.15, 0.2) is 0 Å². The summed E-state index contributed by atoms with van der Waals surface area (Å²) in [6.45, 7) is 2.49. The molecule has 0 N–H and O–H groups in total. The minimum Gasteiger partial charge on any atom is -0.313 e. The molecule has 1 aromatic carbocycles. The first-order valence-corrected chi connectivity index (χ1v) is 9.27. The van der Waals surface area contributed by atoms with Gasteiger partial charge in [-0.05, 0) is 25.0 Å². The fourth-order valence-corrected chi connectivity index (χ4v) is 2.90. The number of alkyl halides is 1. The highest BCUT2D eigenvalue weighted by atomic mass is 79.9. The summed E-state index contributed by atoms with van der Waals surface area (Å²) in [6.07, 6.45) is 10.3. The van der Waals surface area contributed by atoms with E-state index in [0.29, 0.717) is 0 Å². The lowest BCUT2D eigenvalue weighted by Gasteiger charge is -2.21. The van der Waals surface area contributed by atoms with Gasteiger partial charge in [-0.25, -0.2) is 0 Å². The van der Waals surface area contributed by atoms with Gasteiger partial charge in [0.25, 0.3) is 0 Å². The van der Waals surface area contributed by atoms with E-state index in [-0.39, 0.29) is 5.91 Å². The van der Waals surface area contributed by atoms with Crippen LogP contribution in [0.5, 0.6) is 0 Å². The first-order valence-electron chi connectivity index (χ1n) is 8.15. The van der Waals surface area contributed by atoms with Gasteiger partial charge in [-0.2, -0.15) is 0 Å². The smallest absolute Gasteiger partial charge is 0.223 e. The normalized spacial score (nSPS) is 10.6. The van der Waals surface area contributed by atoms with Crippen LogP contribution in [0.3, 0.4) is 0 Å². The van der Waals surface area contributed by atoms with Gasteiger partial charge in [0.05, 0.1) is 0 Å². The predicted octanol–water partition coefficient (Wildman–Crippen LogP) is 5.56. The van der Waals surface area contributed by atoms with E-state index in [1.165, 1.54) is 44.9 Å². The molecule has 0 bridgehead atoms.